The van der Waals surface area contributed by atoms with E-state index in [1.54, 1.807) is 34.2 Å². The third-order valence-electron chi connectivity index (χ3n) is 4.99. The van der Waals surface area contributed by atoms with Gasteiger partial charge in [-0.1, -0.05) is 6.07 Å². The van der Waals surface area contributed by atoms with Crippen LogP contribution in [0.1, 0.15) is 12.8 Å². The number of likely N-dealkylation sites (tertiary alicyclic amines) is 1. The first-order valence-corrected chi connectivity index (χ1v) is 9.02. The summed E-state index contributed by atoms with van der Waals surface area (Å²) >= 11 is 0. The third-order valence-corrected chi connectivity index (χ3v) is 4.99. The zero-order valence-corrected chi connectivity index (χ0v) is 14.8. The van der Waals surface area contributed by atoms with Crippen LogP contribution in [-0.4, -0.2) is 47.4 Å². The van der Waals surface area contributed by atoms with Gasteiger partial charge in [-0.25, -0.2) is 9.37 Å². The van der Waals surface area contributed by atoms with E-state index in [4.69, 9.17) is 4.74 Å². The van der Waals surface area contributed by atoms with E-state index in [-0.39, 0.29) is 36.1 Å². The van der Waals surface area contributed by atoms with E-state index in [1.807, 2.05) is 12.1 Å². The van der Waals surface area contributed by atoms with Crippen LogP contribution in [0, 0.1) is 11.7 Å². The van der Waals surface area contributed by atoms with Crippen molar-refractivity contribution in [3.63, 3.8) is 0 Å². The largest absolute Gasteiger partial charge is 0.472 e. The van der Waals surface area contributed by atoms with Crippen LogP contribution in [0.5, 0.6) is 5.88 Å². The lowest BCUT2D eigenvalue weighted by Crippen LogP contribution is -2.37. The topological polar surface area (TPSA) is 62.7 Å². The summed E-state index contributed by atoms with van der Waals surface area (Å²) in [6.45, 7) is 1.43. The van der Waals surface area contributed by atoms with Gasteiger partial charge in [-0.05, 0) is 30.3 Å². The second-order valence-electron chi connectivity index (χ2n) is 6.86. The van der Waals surface area contributed by atoms with Gasteiger partial charge in [0.15, 0.2) is 0 Å². The van der Waals surface area contributed by atoms with Crippen molar-refractivity contribution < 1.29 is 18.7 Å². The van der Waals surface area contributed by atoms with Crippen molar-refractivity contribution >= 4 is 17.5 Å². The van der Waals surface area contributed by atoms with Gasteiger partial charge in [-0.2, -0.15) is 0 Å². The average molecular weight is 369 g/mol. The molecule has 2 aliphatic heterocycles. The maximum Gasteiger partial charge on any atom is 0.228 e. The summed E-state index contributed by atoms with van der Waals surface area (Å²) in [7, 11) is 0. The van der Waals surface area contributed by atoms with Crippen LogP contribution >= 0.6 is 0 Å². The molecule has 0 bridgehead atoms. The van der Waals surface area contributed by atoms with Crippen LogP contribution in [0.2, 0.25) is 0 Å². The van der Waals surface area contributed by atoms with Crippen molar-refractivity contribution in [1.29, 1.82) is 0 Å². The van der Waals surface area contributed by atoms with Gasteiger partial charge in [0.05, 0.1) is 12.5 Å². The number of carbonyl (C=O) groups is 2. The summed E-state index contributed by atoms with van der Waals surface area (Å²) in [5.74, 6) is -0.318. The molecule has 2 amide bonds. The fourth-order valence-corrected chi connectivity index (χ4v) is 3.61. The van der Waals surface area contributed by atoms with E-state index < -0.39 is 0 Å². The first-order valence-electron chi connectivity index (χ1n) is 9.02. The Bertz CT molecular complexity index is 828. The molecule has 1 aromatic heterocycles. The number of benzene rings is 1. The highest BCUT2D eigenvalue weighted by atomic mass is 19.1. The molecule has 27 heavy (non-hydrogen) atoms. The van der Waals surface area contributed by atoms with Crippen LogP contribution in [-0.2, 0) is 9.59 Å². The molecule has 0 saturated carbocycles. The fraction of sp³-hybridized carbons (Fsp3) is 0.350. The summed E-state index contributed by atoms with van der Waals surface area (Å²) in [5, 5.41) is 0. The summed E-state index contributed by atoms with van der Waals surface area (Å²) in [5.41, 5.74) is 0.620. The maximum atomic E-state index is 13.1. The highest BCUT2D eigenvalue weighted by molar-refractivity contribution is 6.00. The first kappa shape index (κ1) is 17.5. The monoisotopic (exact) mass is 369 g/mol. The lowest BCUT2D eigenvalue weighted by molar-refractivity contribution is -0.135. The predicted octanol–water partition coefficient (Wildman–Crippen LogP) is 2.25. The second kappa shape index (κ2) is 7.34. The highest BCUT2D eigenvalue weighted by Gasteiger charge is 2.39. The number of hydrogen-bond donors (Lipinski definition) is 0. The number of halogens is 1. The molecule has 0 spiro atoms. The van der Waals surface area contributed by atoms with E-state index in [1.165, 1.54) is 12.1 Å². The Hall–Kier alpha value is -2.96. The second-order valence-corrected chi connectivity index (χ2v) is 6.86. The van der Waals surface area contributed by atoms with E-state index in [9.17, 15) is 14.0 Å². The number of ether oxygens (including phenoxy) is 1. The Morgan fingerprint density at radius 1 is 1.15 bits per heavy atom. The number of carbonyl (C=O) groups excluding carboxylic acids is 2. The summed E-state index contributed by atoms with van der Waals surface area (Å²) in [6, 6.07) is 11.2. The standard InChI is InChI=1S/C20H20FN3O3/c21-15-4-6-16(7-5-15)24-12-14(11-19(24)25)20(26)23-10-8-17(13-23)27-18-3-1-2-9-22-18/h1-7,9,14,17H,8,10-13H2. The zero-order valence-electron chi connectivity index (χ0n) is 14.8. The van der Waals surface area contributed by atoms with Gasteiger partial charge in [-0.15, -0.1) is 0 Å². The SMILES string of the molecule is O=C(C1CC(=O)N(c2ccc(F)cc2)C1)N1CCC(Oc2ccccn2)C1. The maximum absolute atomic E-state index is 13.1. The van der Waals surface area contributed by atoms with Crippen molar-refractivity contribution in [2.24, 2.45) is 5.92 Å². The van der Waals surface area contributed by atoms with E-state index in [0.717, 1.165) is 6.42 Å². The Labute approximate surface area is 156 Å². The molecule has 2 fully saturated rings. The van der Waals surface area contributed by atoms with Gasteiger partial charge in [0.25, 0.3) is 0 Å². The molecular weight excluding hydrogens is 349 g/mol. The Morgan fingerprint density at radius 3 is 2.70 bits per heavy atom. The molecule has 2 atom stereocenters. The van der Waals surface area contributed by atoms with Crippen molar-refractivity contribution in [1.82, 2.24) is 9.88 Å². The normalized spacial score (nSPS) is 22.3. The molecule has 1 aromatic carbocycles. The lowest BCUT2D eigenvalue weighted by Gasteiger charge is -2.21. The molecule has 6 nitrogen and oxygen atoms in total. The fourth-order valence-electron chi connectivity index (χ4n) is 3.61. The molecule has 3 heterocycles. The Balaban J connectivity index is 1.36. The number of hydrogen-bond acceptors (Lipinski definition) is 4. The minimum Gasteiger partial charge on any atom is -0.472 e. The summed E-state index contributed by atoms with van der Waals surface area (Å²) in [4.78, 5) is 32.6. The minimum atomic E-state index is -0.379. The molecule has 0 N–H and O–H groups in total. The molecule has 4 rings (SSSR count). The van der Waals surface area contributed by atoms with E-state index >= 15 is 0 Å². The van der Waals surface area contributed by atoms with Gasteiger partial charge in [-0.3, -0.25) is 9.59 Å². The molecular formula is C20H20FN3O3. The van der Waals surface area contributed by atoms with Gasteiger partial charge in [0.2, 0.25) is 17.7 Å². The van der Waals surface area contributed by atoms with E-state index in [0.29, 0.717) is 31.2 Å². The quantitative estimate of drug-likeness (QED) is 0.829. The zero-order chi connectivity index (χ0) is 18.8. The van der Waals surface area contributed by atoms with Gasteiger partial charge in [0, 0.05) is 43.9 Å². The highest BCUT2D eigenvalue weighted by Crippen LogP contribution is 2.28. The van der Waals surface area contributed by atoms with Crippen LogP contribution in [0.3, 0.4) is 0 Å². The first-order chi connectivity index (χ1) is 13.1. The van der Waals surface area contributed by atoms with Gasteiger partial charge < -0.3 is 14.5 Å². The van der Waals surface area contributed by atoms with Gasteiger partial charge in [0.1, 0.15) is 11.9 Å². The number of anilines is 1. The molecule has 7 heteroatoms. The molecule has 140 valence electrons. The number of pyridine rings is 1. The average Bonchev–Trinajstić information content (AvgIpc) is 3.30. The Morgan fingerprint density at radius 2 is 1.96 bits per heavy atom. The summed E-state index contributed by atoms with van der Waals surface area (Å²) in [6.07, 6.45) is 2.50. The van der Waals surface area contributed by atoms with Crippen molar-refractivity contribution in [3.8, 4) is 5.88 Å². The molecule has 2 aliphatic rings. The lowest BCUT2D eigenvalue weighted by atomic mass is 10.1. The predicted molar refractivity (Wildman–Crippen MR) is 96.7 cm³/mol. The molecule has 0 aliphatic carbocycles. The van der Waals surface area contributed by atoms with Crippen molar-refractivity contribution in [3.05, 3.63) is 54.5 Å². The molecule has 2 aromatic rings. The van der Waals surface area contributed by atoms with Crippen molar-refractivity contribution in [2.45, 2.75) is 18.9 Å². The van der Waals surface area contributed by atoms with Crippen LogP contribution in [0.25, 0.3) is 0 Å². The smallest absolute Gasteiger partial charge is 0.228 e. The van der Waals surface area contributed by atoms with Crippen LogP contribution in [0.15, 0.2) is 48.7 Å². The number of aromatic nitrogens is 1. The number of nitrogens with zero attached hydrogens (tertiary/aromatic N) is 3. The number of rotatable bonds is 4. The molecule has 2 unspecified atom stereocenters. The van der Waals surface area contributed by atoms with E-state index in [2.05, 4.69) is 4.98 Å². The van der Waals surface area contributed by atoms with Crippen LogP contribution in [0.4, 0.5) is 10.1 Å². The van der Waals surface area contributed by atoms with Gasteiger partial charge >= 0.3 is 0 Å². The third kappa shape index (κ3) is 3.77. The van der Waals surface area contributed by atoms with Crippen LogP contribution < -0.4 is 9.64 Å². The minimum absolute atomic E-state index is 0.0277. The molecule has 0 radical (unpaired) electrons. The molecule has 2 saturated heterocycles. The Kier molecular flexibility index (Phi) is 4.75. The number of amides is 2. The summed E-state index contributed by atoms with van der Waals surface area (Å²) < 4.78 is 18.9. The van der Waals surface area contributed by atoms with Crippen molar-refractivity contribution in [2.75, 3.05) is 24.5 Å².